The zero-order valence-corrected chi connectivity index (χ0v) is 11.1. The lowest BCUT2D eigenvalue weighted by molar-refractivity contribution is -0.136. The molecule has 4 nitrogen and oxygen atoms in total. The second-order valence-electron chi connectivity index (χ2n) is 4.94. The van der Waals surface area contributed by atoms with Gasteiger partial charge < -0.3 is 5.11 Å². The van der Waals surface area contributed by atoms with Gasteiger partial charge in [-0.25, -0.2) is 9.97 Å². The number of aromatic nitrogens is 2. The van der Waals surface area contributed by atoms with E-state index in [1.165, 1.54) is 12.8 Å². The largest absolute Gasteiger partial charge is 0.481 e. The first-order valence-corrected chi connectivity index (χ1v) is 6.73. The molecule has 1 aromatic heterocycles. The van der Waals surface area contributed by atoms with Crippen LogP contribution in [0.2, 0.25) is 0 Å². The molecule has 0 radical (unpaired) electrons. The van der Waals surface area contributed by atoms with E-state index in [0.29, 0.717) is 0 Å². The van der Waals surface area contributed by atoms with Crippen LogP contribution in [-0.4, -0.2) is 21.0 Å². The maximum absolute atomic E-state index is 10.9. The van der Waals surface area contributed by atoms with Gasteiger partial charge in [-0.05, 0) is 31.6 Å². The maximum atomic E-state index is 10.9. The molecule has 18 heavy (non-hydrogen) atoms. The molecule has 2 rings (SSSR count). The molecule has 1 heterocycles. The Kier molecular flexibility index (Phi) is 3.94. The van der Waals surface area contributed by atoms with Crippen molar-refractivity contribution in [3.05, 3.63) is 22.8 Å². The Bertz CT molecular complexity index is 428. The third-order valence-electron chi connectivity index (χ3n) is 3.39. The number of carbonyl (C=O) groups is 1. The molecule has 1 N–H and O–H groups in total. The molecule has 0 unspecified atom stereocenters. The van der Waals surface area contributed by atoms with Crippen LogP contribution in [0.3, 0.4) is 0 Å². The quantitative estimate of drug-likeness (QED) is 0.838. The lowest BCUT2D eigenvalue weighted by atomic mass is 10.0. The van der Waals surface area contributed by atoms with Gasteiger partial charge in [0.15, 0.2) is 0 Å². The summed E-state index contributed by atoms with van der Waals surface area (Å²) in [5.41, 5.74) is 2.66. The van der Waals surface area contributed by atoms with Crippen LogP contribution >= 0.6 is 0 Å². The van der Waals surface area contributed by atoms with E-state index in [4.69, 9.17) is 5.11 Å². The standard InChI is InChI=1S/C14H20N2O2/c1-3-11-10(8-14(17)18)12(4-2)16-13(15-11)7-9-5-6-9/h9H,3-8H2,1-2H3,(H,17,18). The number of aryl methyl sites for hydroxylation is 2. The van der Waals surface area contributed by atoms with E-state index in [2.05, 4.69) is 9.97 Å². The molecule has 1 aliphatic carbocycles. The number of nitrogens with zero attached hydrogens (tertiary/aromatic N) is 2. The Hall–Kier alpha value is -1.45. The number of aliphatic carboxylic acids is 1. The molecular formula is C14H20N2O2. The van der Waals surface area contributed by atoms with Crippen LogP contribution < -0.4 is 0 Å². The average Bonchev–Trinajstić information content (AvgIpc) is 3.13. The number of carboxylic acid groups (broad SMARTS) is 1. The highest BCUT2D eigenvalue weighted by atomic mass is 16.4. The number of hydrogen-bond donors (Lipinski definition) is 1. The fourth-order valence-corrected chi connectivity index (χ4v) is 2.25. The predicted octanol–water partition coefficient (Wildman–Crippen LogP) is 2.18. The second kappa shape index (κ2) is 5.46. The first-order valence-electron chi connectivity index (χ1n) is 6.73. The zero-order chi connectivity index (χ0) is 13.1. The van der Waals surface area contributed by atoms with Crippen molar-refractivity contribution in [3.63, 3.8) is 0 Å². The normalized spacial score (nSPS) is 14.8. The minimum absolute atomic E-state index is 0.0378. The Morgan fingerprint density at radius 3 is 2.17 bits per heavy atom. The van der Waals surface area contributed by atoms with E-state index >= 15 is 0 Å². The molecule has 1 aromatic rings. The Morgan fingerprint density at radius 1 is 1.22 bits per heavy atom. The molecule has 98 valence electrons. The summed E-state index contributed by atoms with van der Waals surface area (Å²) in [5, 5.41) is 8.98. The third kappa shape index (κ3) is 3.06. The summed E-state index contributed by atoms with van der Waals surface area (Å²) in [6.07, 6.45) is 5.10. The van der Waals surface area contributed by atoms with Crippen LogP contribution in [0.25, 0.3) is 0 Å². The van der Waals surface area contributed by atoms with Crippen molar-refractivity contribution in [2.75, 3.05) is 0 Å². The van der Waals surface area contributed by atoms with Crippen LogP contribution in [0.4, 0.5) is 0 Å². The van der Waals surface area contributed by atoms with E-state index in [1.54, 1.807) is 0 Å². The number of carboxylic acids is 1. The highest BCUT2D eigenvalue weighted by Crippen LogP contribution is 2.32. The summed E-state index contributed by atoms with van der Waals surface area (Å²) in [7, 11) is 0. The molecule has 1 aliphatic rings. The fraction of sp³-hybridized carbons (Fsp3) is 0.643. The molecular weight excluding hydrogens is 228 g/mol. The van der Waals surface area contributed by atoms with Crippen molar-refractivity contribution in [2.24, 2.45) is 5.92 Å². The van der Waals surface area contributed by atoms with Gasteiger partial charge in [0.25, 0.3) is 0 Å². The first-order chi connectivity index (χ1) is 8.63. The second-order valence-corrected chi connectivity index (χ2v) is 4.94. The third-order valence-corrected chi connectivity index (χ3v) is 3.39. The molecule has 0 spiro atoms. The zero-order valence-electron chi connectivity index (χ0n) is 11.1. The van der Waals surface area contributed by atoms with E-state index < -0.39 is 5.97 Å². The molecule has 1 fully saturated rings. The minimum atomic E-state index is -0.807. The summed E-state index contributed by atoms with van der Waals surface area (Å²) in [6, 6.07) is 0. The molecule has 0 amide bonds. The lowest BCUT2D eigenvalue weighted by Crippen LogP contribution is -2.13. The Morgan fingerprint density at radius 2 is 1.78 bits per heavy atom. The maximum Gasteiger partial charge on any atom is 0.307 e. The molecule has 4 heteroatoms. The van der Waals surface area contributed by atoms with Crippen molar-refractivity contribution in [1.82, 2.24) is 9.97 Å². The number of hydrogen-bond acceptors (Lipinski definition) is 3. The van der Waals surface area contributed by atoms with Crippen LogP contribution in [0.1, 0.15) is 49.5 Å². The first kappa shape index (κ1) is 13.0. The summed E-state index contributed by atoms with van der Waals surface area (Å²) in [4.78, 5) is 20.0. The smallest absolute Gasteiger partial charge is 0.307 e. The van der Waals surface area contributed by atoms with E-state index in [1.807, 2.05) is 13.8 Å². The van der Waals surface area contributed by atoms with Crippen LogP contribution in [0.15, 0.2) is 0 Å². The summed E-state index contributed by atoms with van der Waals surface area (Å²) in [6.45, 7) is 4.04. The van der Waals surface area contributed by atoms with Gasteiger partial charge in [0, 0.05) is 23.4 Å². The molecule has 0 atom stereocenters. The fourth-order valence-electron chi connectivity index (χ4n) is 2.25. The van der Waals surface area contributed by atoms with Gasteiger partial charge in [-0.1, -0.05) is 13.8 Å². The van der Waals surface area contributed by atoms with Gasteiger partial charge in [-0.15, -0.1) is 0 Å². The van der Waals surface area contributed by atoms with Gasteiger partial charge in [-0.3, -0.25) is 4.79 Å². The van der Waals surface area contributed by atoms with Gasteiger partial charge in [0.1, 0.15) is 5.82 Å². The van der Waals surface area contributed by atoms with Crippen LogP contribution in [0, 0.1) is 5.92 Å². The Balaban J connectivity index is 2.33. The van der Waals surface area contributed by atoms with Crippen LogP contribution in [-0.2, 0) is 30.5 Å². The van der Waals surface area contributed by atoms with E-state index in [0.717, 1.165) is 48.0 Å². The minimum Gasteiger partial charge on any atom is -0.481 e. The van der Waals surface area contributed by atoms with Gasteiger partial charge >= 0.3 is 5.97 Å². The van der Waals surface area contributed by atoms with E-state index in [9.17, 15) is 4.79 Å². The highest BCUT2D eigenvalue weighted by molar-refractivity contribution is 5.71. The predicted molar refractivity (Wildman–Crippen MR) is 68.6 cm³/mol. The molecule has 0 bridgehead atoms. The SMILES string of the molecule is CCc1nc(CC2CC2)nc(CC)c1CC(=O)O. The lowest BCUT2D eigenvalue weighted by Gasteiger charge is -2.12. The van der Waals surface area contributed by atoms with Gasteiger partial charge in [0.05, 0.1) is 6.42 Å². The molecule has 0 aromatic carbocycles. The van der Waals surface area contributed by atoms with Crippen molar-refractivity contribution in [3.8, 4) is 0 Å². The van der Waals surface area contributed by atoms with E-state index in [-0.39, 0.29) is 6.42 Å². The summed E-state index contributed by atoms with van der Waals surface area (Å²) < 4.78 is 0. The van der Waals surface area contributed by atoms with Crippen molar-refractivity contribution < 1.29 is 9.90 Å². The van der Waals surface area contributed by atoms with Gasteiger partial charge in [0.2, 0.25) is 0 Å². The summed E-state index contributed by atoms with van der Waals surface area (Å²) >= 11 is 0. The topological polar surface area (TPSA) is 63.1 Å². The number of rotatable bonds is 6. The molecule has 0 aliphatic heterocycles. The van der Waals surface area contributed by atoms with Crippen LogP contribution in [0.5, 0.6) is 0 Å². The average molecular weight is 248 g/mol. The van der Waals surface area contributed by atoms with Gasteiger partial charge in [-0.2, -0.15) is 0 Å². The van der Waals surface area contributed by atoms with Crippen molar-refractivity contribution in [2.45, 2.75) is 52.4 Å². The monoisotopic (exact) mass is 248 g/mol. The van der Waals surface area contributed by atoms with Crippen molar-refractivity contribution >= 4 is 5.97 Å². The highest BCUT2D eigenvalue weighted by Gasteiger charge is 2.24. The molecule has 1 saturated carbocycles. The molecule has 0 saturated heterocycles. The van der Waals surface area contributed by atoms with Crippen molar-refractivity contribution in [1.29, 1.82) is 0 Å². The summed E-state index contributed by atoms with van der Waals surface area (Å²) in [5.74, 6) is 0.850. The Labute approximate surface area is 107 Å².